The van der Waals surface area contributed by atoms with E-state index in [1.165, 1.54) is 11.1 Å². The first-order chi connectivity index (χ1) is 14.1. The lowest BCUT2D eigenvalue weighted by Crippen LogP contribution is -2.30. The fourth-order valence-electron chi connectivity index (χ4n) is 3.04. The van der Waals surface area contributed by atoms with E-state index in [1.807, 2.05) is 30.3 Å². The van der Waals surface area contributed by atoms with Gasteiger partial charge < -0.3 is 10.6 Å². The number of para-hydroxylation sites is 1. The van der Waals surface area contributed by atoms with Crippen LogP contribution in [0.1, 0.15) is 5.56 Å². The highest BCUT2D eigenvalue weighted by Gasteiger charge is 2.32. The Labute approximate surface area is 172 Å². The van der Waals surface area contributed by atoms with Crippen molar-refractivity contribution in [3.63, 3.8) is 0 Å². The van der Waals surface area contributed by atoms with Gasteiger partial charge in [-0.15, -0.1) is 0 Å². The third kappa shape index (κ3) is 3.97. The predicted octanol–water partition coefficient (Wildman–Crippen LogP) is 4.03. The summed E-state index contributed by atoms with van der Waals surface area (Å²) in [6, 6.07) is 17.9. The van der Waals surface area contributed by atoms with Crippen LogP contribution in [0.25, 0.3) is 0 Å². The van der Waals surface area contributed by atoms with Gasteiger partial charge in [0, 0.05) is 35.8 Å². The molecule has 3 aromatic rings. The maximum absolute atomic E-state index is 13.4. The van der Waals surface area contributed by atoms with Gasteiger partial charge in [-0.1, -0.05) is 29.8 Å². The summed E-state index contributed by atoms with van der Waals surface area (Å²) >= 11 is 6.17. The first kappa shape index (κ1) is 18.7. The van der Waals surface area contributed by atoms with Crippen molar-refractivity contribution >= 4 is 40.5 Å². The zero-order valence-electron chi connectivity index (χ0n) is 15.3. The van der Waals surface area contributed by atoms with E-state index in [2.05, 4.69) is 15.6 Å². The van der Waals surface area contributed by atoms with Gasteiger partial charge in [0.15, 0.2) is 0 Å². The molecule has 0 saturated heterocycles. The van der Waals surface area contributed by atoms with Crippen LogP contribution in [-0.2, 0) is 16.1 Å². The van der Waals surface area contributed by atoms with Gasteiger partial charge in [-0.3, -0.25) is 19.5 Å². The lowest BCUT2D eigenvalue weighted by atomic mass is 10.2. The van der Waals surface area contributed by atoms with Gasteiger partial charge in [0.1, 0.15) is 5.57 Å². The van der Waals surface area contributed by atoms with Crippen molar-refractivity contribution in [1.82, 2.24) is 10.3 Å². The van der Waals surface area contributed by atoms with Gasteiger partial charge in [-0.25, -0.2) is 0 Å². The molecule has 29 heavy (non-hydrogen) atoms. The molecule has 1 aliphatic heterocycles. The smallest absolute Gasteiger partial charge is 0.269 e. The van der Waals surface area contributed by atoms with Crippen LogP contribution < -0.4 is 15.5 Å². The van der Waals surface area contributed by atoms with Crippen LogP contribution in [0.3, 0.4) is 0 Å². The second-order valence-electron chi connectivity index (χ2n) is 6.39. The van der Waals surface area contributed by atoms with E-state index in [4.69, 9.17) is 11.6 Å². The maximum atomic E-state index is 13.4. The van der Waals surface area contributed by atoms with Crippen molar-refractivity contribution in [2.75, 3.05) is 10.2 Å². The normalized spacial score (nSPS) is 14.9. The van der Waals surface area contributed by atoms with Gasteiger partial charge in [0.05, 0.1) is 11.4 Å². The van der Waals surface area contributed by atoms with Crippen molar-refractivity contribution < 1.29 is 9.59 Å². The molecule has 4 rings (SSSR count). The lowest BCUT2D eigenvalue weighted by molar-refractivity contribution is -0.119. The minimum atomic E-state index is -0.487. The Balaban J connectivity index is 1.72. The van der Waals surface area contributed by atoms with E-state index in [-0.39, 0.29) is 5.57 Å². The summed E-state index contributed by atoms with van der Waals surface area (Å²) in [4.78, 5) is 31.6. The van der Waals surface area contributed by atoms with Gasteiger partial charge >= 0.3 is 0 Å². The number of amides is 2. The number of benzene rings is 2. The van der Waals surface area contributed by atoms with Crippen molar-refractivity contribution in [3.05, 3.63) is 95.4 Å². The molecule has 2 N–H and O–H groups in total. The van der Waals surface area contributed by atoms with E-state index in [1.54, 1.807) is 42.7 Å². The summed E-state index contributed by atoms with van der Waals surface area (Å²) in [5.74, 6) is -0.934. The van der Waals surface area contributed by atoms with Crippen LogP contribution in [-0.4, -0.2) is 16.8 Å². The molecule has 0 unspecified atom stereocenters. The first-order valence-corrected chi connectivity index (χ1v) is 9.34. The molecule has 0 saturated carbocycles. The Bertz CT molecular complexity index is 1080. The number of carbonyl (C=O) groups excluding carboxylic acids is 2. The molecule has 1 aliphatic rings. The SMILES string of the molecule is O=C1Nc2ccc(Cl)cc2N(c2ccccc2)C(=O)/C1=C/NCc1ccncc1. The Morgan fingerprint density at radius 3 is 2.55 bits per heavy atom. The average molecular weight is 405 g/mol. The van der Waals surface area contributed by atoms with E-state index in [0.717, 1.165) is 5.56 Å². The standard InChI is InChI=1S/C22H17ClN4O2/c23-16-6-7-19-20(12-16)27(17-4-2-1-3-5-17)22(29)18(21(28)26-19)14-25-13-15-8-10-24-11-9-15/h1-12,14,25H,13H2,(H,26,28)/b18-14+. The average Bonchev–Trinajstić information content (AvgIpc) is 2.84. The third-order valence-electron chi connectivity index (χ3n) is 4.44. The molecule has 0 aliphatic carbocycles. The number of halogens is 1. The summed E-state index contributed by atoms with van der Waals surface area (Å²) in [6.07, 6.45) is 4.82. The molecule has 0 spiro atoms. The summed E-state index contributed by atoms with van der Waals surface area (Å²) in [5, 5.41) is 6.31. The number of aromatic nitrogens is 1. The number of pyridine rings is 1. The lowest BCUT2D eigenvalue weighted by Gasteiger charge is -2.23. The maximum Gasteiger partial charge on any atom is 0.269 e. The fraction of sp³-hybridized carbons (Fsp3) is 0.0455. The number of carbonyl (C=O) groups is 2. The third-order valence-corrected chi connectivity index (χ3v) is 4.68. The summed E-state index contributed by atoms with van der Waals surface area (Å²) in [5.41, 5.74) is 2.63. The van der Waals surface area contributed by atoms with E-state index in [9.17, 15) is 9.59 Å². The van der Waals surface area contributed by atoms with Crippen LogP contribution in [0.15, 0.2) is 84.8 Å². The predicted molar refractivity (Wildman–Crippen MR) is 113 cm³/mol. The van der Waals surface area contributed by atoms with Gasteiger partial charge in [0.25, 0.3) is 11.8 Å². The largest absolute Gasteiger partial charge is 0.386 e. The summed E-state index contributed by atoms with van der Waals surface area (Å²) in [7, 11) is 0. The van der Waals surface area contributed by atoms with Crippen molar-refractivity contribution in [2.45, 2.75) is 6.54 Å². The number of rotatable bonds is 4. The monoisotopic (exact) mass is 404 g/mol. The minimum absolute atomic E-state index is 0.00442. The van der Waals surface area contributed by atoms with Crippen molar-refractivity contribution in [1.29, 1.82) is 0 Å². The molecule has 0 atom stereocenters. The molecule has 2 aromatic carbocycles. The van der Waals surface area contributed by atoms with Crippen LogP contribution in [0.2, 0.25) is 5.02 Å². The summed E-state index contributed by atoms with van der Waals surface area (Å²) < 4.78 is 0. The number of nitrogens with one attached hydrogen (secondary N) is 2. The molecule has 6 nitrogen and oxygen atoms in total. The highest BCUT2D eigenvalue weighted by atomic mass is 35.5. The molecule has 1 aromatic heterocycles. The fourth-order valence-corrected chi connectivity index (χ4v) is 3.21. The number of nitrogens with zero attached hydrogens (tertiary/aromatic N) is 2. The molecule has 0 radical (unpaired) electrons. The van der Waals surface area contributed by atoms with Crippen molar-refractivity contribution in [2.24, 2.45) is 0 Å². The molecular weight excluding hydrogens is 388 g/mol. The zero-order valence-corrected chi connectivity index (χ0v) is 16.1. The molecule has 2 amide bonds. The Hall–Kier alpha value is -3.64. The highest BCUT2D eigenvalue weighted by Crippen LogP contribution is 2.37. The second kappa shape index (κ2) is 8.16. The van der Waals surface area contributed by atoms with E-state index in [0.29, 0.717) is 28.6 Å². The molecule has 2 heterocycles. The number of hydrogen-bond donors (Lipinski definition) is 2. The Morgan fingerprint density at radius 2 is 1.79 bits per heavy atom. The molecule has 7 heteroatoms. The topological polar surface area (TPSA) is 74.3 Å². The Morgan fingerprint density at radius 1 is 1.03 bits per heavy atom. The molecule has 0 bridgehead atoms. The minimum Gasteiger partial charge on any atom is -0.386 e. The zero-order chi connectivity index (χ0) is 20.2. The van der Waals surface area contributed by atoms with Crippen molar-refractivity contribution in [3.8, 4) is 0 Å². The number of anilines is 3. The quantitative estimate of drug-likeness (QED) is 0.508. The van der Waals surface area contributed by atoms with E-state index >= 15 is 0 Å². The molecule has 144 valence electrons. The van der Waals surface area contributed by atoms with Crippen LogP contribution in [0.4, 0.5) is 17.1 Å². The number of hydrogen-bond acceptors (Lipinski definition) is 4. The van der Waals surface area contributed by atoms with Gasteiger partial charge in [-0.05, 0) is 48.0 Å². The second-order valence-corrected chi connectivity index (χ2v) is 6.82. The molecule has 0 fully saturated rings. The van der Waals surface area contributed by atoms with Gasteiger partial charge in [-0.2, -0.15) is 0 Å². The first-order valence-electron chi connectivity index (χ1n) is 8.96. The highest BCUT2D eigenvalue weighted by molar-refractivity contribution is 6.34. The summed E-state index contributed by atoms with van der Waals surface area (Å²) in [6.45, 7) is 0.455. The van der Waals surface area contributed by atoms with Gasteiger partial charge in [0.2, 0.25) is 0 Å². The van der Waals surface area contributed by atoms with E-state index < -0.39 is 11.8 Å². The van der Waals surface area contributed by atoms with Crippen LogP contribution in [0, 0.1) is 0 Å². The Kier molecular flexibility index (Phi) is 5.27. The molecular formula is C22H17ClN4O2. The number of fused-ring (bicyclic) bond motifs is 1. The van der Waals surface area contributed by atoms with Crippen LogP contribution >= 0.6 is 11.6 Å². The van der Waals surface area contributed by atoms with Crippen LogP contribution in [0.5, 0.6) is 0 Å².